The van der Waals surface area contributed by atoms with E-state index in [4.69, 9.17) is 4.74 Å². The third kappa shape index (κ3) is 2.43. The minimum Gasteiger partial charge on any atom is -0.481 e. The molecule has 5 nitrogen and oxygen atoms in total. The molecule has 0 aliphatic carbocycles. The molecule has 5 rings (SSSR count). The van der Waals surface area contributed by atoms with Crippen molar-refractivity contribution in [3.63, 3.8) is 0 Å². The van der Waals surface area contributed by atoms with Crippen LogP contribution in [0.15, 0.2) is 72.8 Å². The van der Waals surface area contributed by atoms with Crippen LogP contribution in [0.5, 0.6) is 0 Å². The van der Waals surface area contributed by atoms with Crippen LogP contribution in [0.1, 0.15) is 11.1 Å². The topological polar surface area (TPSA) is 66.8 Å². The van der Waals surface area contributed by atoms with Crippen LogP contribution in [0.2, 0.25) is 0 Å². The van der Waals surface area contributed by atoms with Gasteiger partial charge in [0.2, 0.25) is 5.91 Å². The Morgan fingerprint density at radius 3 is 2.32 bits per heavy atom. The Hall–Kier alpha value is -2.92. The molecule has 3 aliphatic heterocycles. The minimum absolute atomic E-state index is 0.121. The summed E-state index contributed by atoms with van der Waals surface area (Å²) in [7, 11) is 0. The number of rotatable bonds is 5. The highest BCUT2D eigenvalue weighted by Crippen LogP contribution is 2.55. The second-order valence-electron chi connectivity index (χ2n) is 7.79. The normalized spacial score (nSPS) is 32.7. The van der Waals surface area contributed by atoms with Gasteiger partial charge >= 0.3 is 5.97 Å². The van der Waals surface area contributed by atoms with Crippen LogP contribution in [-0.2, 0) is 27.3 Å². The summed E-state index contributed by atoms with van der Waals surface area (Å²) < 4.78 is 6.23. The first-order chi connectivity index (χ1) is 13.6. The van der Waals surface area contributed by atoms with Gasteiger partial charge in [-0.3, -0.25) is 9.59 Å². The predicted molar refractivity (Wildman–Crippen MR) is 102 cm³/mol. The Kier molecular flexibility index (Phi) is 3.88. The number of carbonyl (C=O) groups is 2. The van der Waals surface area contributed by atoms with Crippen molar-refractivity contribution in [2.75, 3.05) is 0 Å². The van der Waals surface area contributed by atoms with Gasteiger partial charge in [0.25, 0.3) is 0 Å². The molecule has 1 amide bonds. The van der Waals surface area contributed by atoms with E-state index in [1.807, 2.05) is 77.7 Å². The number of carboxylic acids is 1. The van der Waals surface area contributed by atoms with E-state index in [2.05, 4.69) is 0 Å². The van der Waals surface area contributed by atoms with Crippen molar-refractivity contribution >= 4 is 11.9 Å². The molecule has 3 heterocycles. The van der Waals surface area contributed by atoms with Gasteiger partial charge in [-0.15, -0.1) is 0 Å². The summed E-state index contributed by atoms with van der Waals surface area (Å²) in [5, 5.41) is 9.76. The van der Waals surface area contributed by atoms with E-state index in [1.165, 1.54) is 0 Å². The lowest BCUT2D eigenvalue weighted by Crippen LogP contribution is -2.46. The Bertz CT molecular complexity index is 942. The van der Waals surface area contributed by atoms with E-state index in [-0.39, 0.29) is 11.9 Å². The van der Waals surface area contributed by atoms with Crippen LogP contribution in [0.25, 0.3) is 0 Å². The molecule has 2 aromatic carbocycles. The van der Waals surface area contributed by atoms with Crippen LogP contribution in [0.3, 0.4) is 0 Å². The van der Waals surface area contributed by atoms with Crippen molar-refractivity contribution in [2.45, 2.75) is 30.7 Å². The fourth-order valence-electron chi connectivity index (χ4n) is 5.08. The highest BCUT2D eigenvalue weighted by Gasteiger charge is 2.70. The van der Waals surface area contributed by atoms with E-state index < -0.39 is 29.5 Å². The Morgan fingerprint density at radius 1 is 1.04 bits per heavy atom. The van der Waals surface area contributed by atoms with Gasteiger partial charge in [0.1, 0.15) is 11.5 Å². The number of carboxylic acid groups (broad SMARTS) is 1. The smallest absolute Gasteiger partial charge is 0.310 e. The molecule has 0 aromatic heterocycles. The van der Waals surface area contributed by atoms with Gasteiger partial charge in [0.15, 0.2) is 0 Å². The van der Waals surface area contributed by atoms with E-state index >= 15 is 0 Å². The van der Waals surface area contributed by atoms with Crippen molar-refractivity contribution in [2.24, 2.45) is 11.8 Å². The maximum atomic E-state index is 13.4. The molecular formula is C23H21NO4. The number of hydrogen-bond acceptors (Lipinski definition) is 3. The van der Waals surface area contributed by atoms with Crippen molar-refractivity contribution in [1.29, 1.82) is 0 Å². The fourth-order valence-corrected chi connectivity index (χ4v) is 5.08. The maximum Gasteiger partial charge on any atom is 0.310 e. The number of fused-ring (bicyclic) bond motifs is 1. The van der Waals surface area contributed by atoms with E-state index in [0.29, 0.717) is 13.0 Å². The quantitative estimate of drug-likeness (QED) is 0.816. The van der Waals surface area contributed by atoms with Gasteiger partial charge in [0.05, 0.1) is 18.1 Å². The number of amides is 1. The Balaban J connectivity index is 1.56. The summed E-state index contributed by atoms with van der Waals surface area (Å²) >= 11 is 0. The molecule has 5 heteroatoms. The van der Waals surface area contributed by atoms with Gasteiger partial charge in [-0.25, -0.2) is 0 Å². The number of aliphatic carboxylic acids is 1. The van der Waals surface area contributed by atoms with Crippen LogP contribution < -0.4 is 0 Å². The van der Waals surface area contributed by atoms with Gasteiger partial charge in [0, 0.05) is 6.54 Å². The van der Waals surface area contributed by atoms with Crippen LogP contribution in [0.4, 0.5) is 0 Å². The summed E-state index contributed by atoms with van der Waals surface area (Å²) in [5.74, 6) is -2.58. The average molecular weight is 375 g/mol. The number of benzene rings is 2. The lowest BCUT2D eigenvalue weighted by Gasteiger charge is -2.33. The van der Waals surface area contributed by atoms with E-state index in [1.54, 1.807) is 0 Å². The van der Waals surface area contributed by atoms with Crippen LogP contribution >= 0.6 is 0 Å². The Labute approximate surface area is 163 Å². The number of ether oxygens (including phenoxy) is 1. The van der Waals surface area contributed by atoms with Crippen molar-refractivity contribution in [3.8, 4) is 0 Å². The molecule has 0 unspecified atom stereocenters. The number of hydrogen-bond donors (Lipinski definition) is 1. The highest BCUT2D eigenvalue weighted by molar-refractivity contribution is 5.91. The summed E-state index contributed by atoms with van der Waals surface area (Å²) in [6, 6.07) is 19.6. The van der Waals surface area contributed by atoms with Crippen molar-refractivity contribution in [3.05, 3.63) is 83.9 Å². The summed E-state index contributed by atoms with van der Waals surface area (Å²) in [4.78, 5) is 27.2. The van der Waals surface area contributed by atoms with Gasteiger partial charge in [-0.1, -0.05) is 72.8 Å². The molecule has 0 saturated carbocycles. The molecule has 28 heavy (non-hydrogen) atoms. The molecule has 2 saturated heterocycles. The minimum atomic E-state index is -0.963. The molecule has 2 fully saturated rings. The zero-order chi connectivity index (χ0) is 19.3. The van der Waals surface area contributed by atoms with Gasteiger partial charge in [-0.05, 0) is 17.5 Å². The number of nitrogens with zero attached hydrogens (tertiary/aromatic N) is 1. The number of likely N-dealkylation sites (tertiary alicyclic amines) is 1. The molecule has 1 N–H and O–H groups in total. The average Bonchev–Trinajstić information content (AvgIpc) is 3.34. The monoisotopic (exact) mass is 375 g/mol. The largest absolute Gasteiger partial charge is 0.481 e. The second kappa shape index (κ2) is 6.31. The molecule has 5 atom stereocenters. The SMILES string of the molecule is O=C(O)[C@H]1[C@@H]2C=C[C@@]3(O2)[C@H](Cc2ccccc2)N(Cc2ccccc2)C(=O)[C@@H]13. The van der Waals surface area contributed by atoms with Gasteiger partial charge in [-0.2, -0.15) is 0 Å². The third-order valence-electron chi connectivity index (χ3n) is 6.28. The maximum absolute atomic E-state index is 13.4. The molecule has 3 aliphatic rings. The highest BCUT2D eigenvalue weighted by atomic mass is 16.5. The predicted octanol–water partition coefficient (Wildman–Crippen LogP) is 2.66. The third-order valence-corrected chi connectivity index (χ3v) is 6.28. The molecule has 142 valence electrons. The summed E-state index contributed by atoms with van der Waals surface area (Å²) in [5.41, 5.74) is 1.26. The summed E-state index contributed by atoms with van der Waals surface area (Å²) in [6.45, 7) is 0.448. The molecule has 2 aromatic rings. The van der Waals surface area contributed by atoms with Gasteiger partial charge < -0.3 is 14.7 Å². The zero-order valence-electron chi connectivity index (χ0n) is 15.3. The second-order valence-corrected chi connectivity index (χ2v) is 7.79. The molecule has 2 bridgehead atoms. The molecule has 0 radical (unpaired) electrons. The number of carbonyl (C=O) groups excluding carboxylic acids is 1. The van der Waals surface area contributed by atoms with E-state index in [0.717, 1.165) is 11.1 Å². The first-order valence-corrected chi connectivity index (χ1v) is 9.58. The van der Waals surface area contributed by atoms with Crippen molar-refractivity contribution < 1.29 is 19.4 Å². The van der Waals surface area contributed by atoms with Crippen LogP contribution in [0, 0.1) is 11.8 Å². The zero-order valence-corrected chi connectivity index (χ0v) is 15.3. The lowest BCUT2D eigenvalue weighted by atomic mass is 9.74. The van der Waals surface area contributed by atoms with Crippen LogP contribution in [-0.4, -0.2) is 39.6 Å². The first kappa shape index (κ1) is 17.2. The Morgan fingerprint density at radius 2 is 1.68 bits per heavy atom. The lowest BCUT2D eigenvalue weighted by molar-refractivity contribution is -0.148. The summed E-state index contributed by atoms with van der Waals surface area (Å²) in [6.07, 6.45) is 3.87. The van der Waals surface area contributed by atoms with E-state index in [9.17, 15) is 14.7 Å². The fraction of sp³-hybridized carbons (Fsp3) is 0.304. The molecular weight excluding hydrogens is 354 g/mol. The standard InChI is InChI=1S/C23H21NO4/c25-21-20-19(22(26)27)17-11-12-23(20,28-17)18(13-15-7-3-1-4-8-15)24(21)14-16-9-5-2-6-10-16/h1-12,17-20H,13-14H2,(H,26,27)/t17-,18-,19-,20+,23+/m0/s1. The first-order valence-electron chi connectivity index (χ1n) is 9.58. The molecule has 1 spiro atoms. The van der Waals surface area contributed by atoms with Crippen molar-refractivity contribution in [1.82, 2.24) is 4.90 Å².